The summed E-state index contributed by atoms with van der Waals surface area (Å²) in [7, 11) is 0. The maximum Gasteiger partial charge on any atom is 0.192 e. The molecule has 5 nitrogen and oxygen atoms in total. The zero-order valence-corrected chi connectivity index (χ0v) is 8.44. The van der Waals surface area contributed by atoms with Gasteiger partial charge in [-0.25, -0.2) is 4.68 Å². The maximum absolute atomic E-state index is 5.43. The predicted molar refractivity (Wildman–Crippen MR) is 54.8 cm³/mol. The summed E-state index contributed by atoms with van der Waals surface area (Å²) in [6, 6.07) is 4.00. The van der Waals surface area contributed by atoms with Crippen molar-refractivity contribution < 1.29 is 0 Å². The molecule has 0 aliphatic heterocycles. The molecule has 0 saturated carbocycles. The summed E-state index contributed by atoms with van der Waals surface area (Å²) < 4.78 is 1.79. The van der Waals surface area contributed by atoms with Gasteiger partial charge in [-0.3, -0.25) is 0 Å². The zero-order chi connectivity index (χ0) is 9.80. The molecule has 2 aromatic rings. The Labute approximate surface area is 85.5 Å². The molecule has 0 aliphatic carbocycles. The topological polar surface area (TPSA) is 69.6 Å². The van der Waals surface area contributed by atoms with E-state index in [9.17, 15) is 0 Å². The second kappa shape index (κ2) is 4.30. The Kier molecular flexibility index (Phi) is 2.85. The number of nitrogens with zero attached hydrogens (tertiary/aromatic N) is 4. The highest BCUT2D eigenvalue weighted by Crippen LogP contribution is 2.21. The molecule has 0 fully saturated rings. The fraction of sp³-hybridized carbons (Fsp3) is 0.375. The molecule has 0 amide bonds. The molecule has 2 N–H and O–H groups in total. The van der Waals surface area contributed by atoms with Crippen molar-refractivity contribution in [3.63, 3.8) is 0 Å². The van der Waals surface area contributed by atoms with Gasteiger partial charge in [0, 0.05) is 6.54 Å². The van der Waals surface area contributed by atoms with Gasteiger partial charge in [0.25, 0.3) is 0 Å². The fourth-order valence-electron chi connectivity index (χ4n) is 1.18. The molecule has 0 aliphatic rings. The second-order valence-corrected chi connectivity index (χ2v) is 3.79. The Bertz CT molecular complexity index is 380. The smallest absolute Gasteiger partial charge is 0.192 e. The minimum absolute atomic E-state index is 0.656. The van der Waals surface area contributed by atoms with Gasteiger partial charge in [-0.05, 0) is 34.8 Å². The Morgan fingerprint density at radius 2 is 2.43 bits per heavy atom. The van der Waals surface area contributed by atoms with Crippen molar-refractivity contribution in [1.29, 1.82) is 0 Å². The number of nitrogens with two attached hydrogens (primary N) is 1. The van der Waals surface area contributed by atoms with E-state index in [0.717, 1.165) is 23.7 Å². The van der Waals surface area contributed by atoms with Gasteiger partial charge in [0.1, 0.15) is 0 Å². The first-order chi connectivity index (χ1) is 6.92. The van der Waals surface area contributed by atoms with E-state index in [2.05, 4.69) is 15.5 Å². The SMILES string of the molecule is NCCCn1nnnc1-c1cccs1. The molecule has 2 aromatic heterocycles. The first-order valence-electron chi connectivity index (χ1n) is 4.42. The number of tetrazole rings is 1. The van der Waals surface area contributed by atoms with E-state index in [0.29, 0.717) is 6.54 Å². The van der Waals surface area contributed by atoms with Gasteiger partial charge in [-0.1, -0.05) is 6.07 Å². The molecule has 0 aromatic carbocycles. The van der Waals surface area contributed by atoms with Gasteiger partial charge >= 0.3 is 0 Å². The largest absolute Gasteiger partial charge is 0.330 e. The molecule has 14 heavy (non-hydrogen) atoms. The normalized spacial score (nSPS) is 10.6. The molecule has 0 saturated heterocycles. The summed E-state index contributed by atoms with van der Waals surface area (Å²) in [6.07, 6.45) is 0.892. The number of thiophene rings is 1. The minimum atomic E-state index is 0.656. The lowest BCUT2D eigenvalue weighted by atomic mass is 10.4. The lowest BCUT2D eigenvalue weighted by Crippen LogP contribution is -2.08. The third kappa shape index (κ3) is 1.80. The first-order valence-corrected chi connectivity index (χ1v) is 5.30. The molecule has 2 heterocycles. The van der Waals surface area contributed by atoms with E-state index < -0.39 is 0 Å². The Hall–Kier alpha value is -1.27. The van der Waals surface area contributed by atoms with Crippen molar-refractivity contribution in [2.24, 2.45) is 5.73 Å². The van der Waals surface area contributed by atoms with Crippen LogP contribution in [0.5, 0.6) is 0 Å². The van der Waals surface area contributed by atoms with Crippen molar-refractivity contribution in [2.75, 3.05) is 6.54 Å². The van der Waals surface area contributed by atoms with Crippen LogP contribution in [-0.2, 0) is 6.54 Å². The van der Waals surface area contributed by atoms with Crippen molar-refractivity contribution in [3.8, 4) is 10.7 Å². The lowest BCUT2D eigenvalue weighted by molar-refractivity contribution is 0.569. The molecule has 0 unspecified atom stereocenters. The molecular weight excluding hydrogens is 198 g/mol. The van der Waals surface area contributed by atoms with Gasteiger partial charge in [0.2, 0.25) is 0 Å². The zero-order valence-electron chi connectivity index (χ0n) is 7.63. The summed E-state index contributed by atoms with van der Waals surface area (Å²) in [5.41, 5.74) is 5.43. The van der Waals surface area contributed by atoms with Crippen LogP contribution in [-0.4, -0.2) is 26.8 Å². The van der Waals surface area contributed by atoms with E-state index in [4.69, 9.17) is 5.73 Å². The van der Waals surface area contributed by atoms with E-state index >= 15 is 0 Å². The predicted octanol–water partition coefficient (Wildman–Crippen LogP) is 0.750. The average molecular weight is 209 g/mol. The van der Waals surface area contributed by atoms with Crippen molar-refractivity contribution in [2.45, 2.75) is 13.0 Å². The summed E-state index contributed by atoms with van der Waals surface area (Å²) in [6.45, 7) is 1.43. The van der Waals surface area contributed by atoms with Crippen molar-refractivity contribution >= 4 is 11.3 Å². The van der Waals surface area contributed by atoms with Gasteiger partial charge in [0.05, 0.1) is 4.88 Å². The maximum atomic E-state index is 5.43. The van der Waals surface area contributed by atoms with Crippen LogP contribution in [0.3, 0.4) is 0 Å². The first kappa shape index (κ1) is 9.29. The lowest BCUT2D eigenvalue weighted by Gasteiger charge is -2.00. The van der Waals surface area contributed by atoms with E-state index in [1.807, 2.05) is 17.5 Å². The quantitative estimate of drug-likeness (QED) is 0.806. The molecule has 0 spiro atoms. The monoisotopic (exact) mass is 209 g/mol. The molecule has 74 valence electrons. The van der Waals surface area contributed by atoms with Gasteiger partial charge < -0.3 is 5.73 Å². The summed E-state index contributed by atoms with van der Waals surface area (Å²) in [5, 5.41) is 13.6. The number of hydrogen-bond acceptors (Lipinski definition) is 5. The number of aryl methyl sites for hydroxylation is 1. The molecule has 0 radical (unpaired) electrons. The highest BCUT2D eigenvalue weighted by atomic mass is 32.1. The number of aromatic nitrogens is 4. The standard InChI is InChI=1S/C8H11N5S/c9-4-2-5-13-8(10-11-12-13)7-3-1-6-14-7/h1,3,6H,2,4-5,9H2. The highest BCUT2D eigenvalue weighted by Gasteiger charge is 2.08. The van der Waals surface area contributed by atoms with Crippen LogP contribution in [0.4, 0.5) is 0 Å². The molecule has 0 bridgehead atoms. The Morgan fingerprint density at radius 1 is 1.50 bits per heavy atom. The summed E-state index contributed by atoms with van der Waals surface area (Å²) in [4.78, 5) is 1.09. The van der Waals surface area contributed by atoms with Crippen LogP contribution >= 0.6 is 11.3 Å². The Balaban J connectivity index is 2.22. The Morgan fingerprint density at radius 3 is 3.14 bits per heavy atom. The van der Waals surface area contributed by atoms with Crippen LogP contribution in [0.25, 0.3) is 10.7 Å². The van der Waals surface area contributed by atoms with Crippen LogP contribution < -0.4 is 5.73 Å². The summed E-state index contributed by atoms with van der Waals surface area (Å²) >= 11 is 1.63. The third-order valence-corrected chi connectivity index (χ3v) is 2.71. The summed E-state index contributed by atoms with van der Waals surface area (Å²) in [5.74, 6) is 0.827. The highest BCUT2D eigenvalue weighted by molar-refractivity contribution is 7.13. The van der Waals surface area contributed by atoms with Gasteiger partial charge in [-0.2, -0.15) is 0 Å². The molecule has 6 heteroatoms. The van der Waals surface area contributed by atoms with Gasteiger partial charge in [-0.15, -0.1) is 16.4 Å². The number of rotatable bonds is 4. The molecule has 2 rings (SSSR count). The van der Waals surface area contributed by atoms with E-state index in [1.165, 1.54) is 0 Å². The fourth-order valence-corrected chi connectivity index (χ4v) is 1.89. The average Bonchev–Trinajstić information content (AvgIpc) is 2.84. The molecular formula is C8H11N5S. The number of hydrogen-bond donors (Lipinski definition) is 1. The second-order valence-electron chi connectivity index (χ2n) is 2.85. The van der Waals surface area contributed by atoms with Crippen molar-refractivity contribution in [3.05, 3.63) is 17.5 Å². The van der Waals surface area contributed by atoms with Crippen LogP contribution in [0, 0.1) is 0 Å². The van der Waals surface area contributed by atoms with Crippen LogP contribution in [0.15, 0.2) is 17.5 Å². The minimum Gasteiger partial charge on any atom is -0.330 e. The molecule has 0 atom stereocenters. The van der Waals surface area contributed by atoms with Crippen molar-refractivity contribution in [1.82, 2.24) is 20.2 Å². The van der Waals surface area contributed by atoms with Crippen LogP contribution in [0.1, 0.15) is 6.42 Å². The third-order valence-electron chi connectivity index (χ3n) is 1.85. The van der Waals surface area contributed by atoms with E-state index in [-0.39, 0.29) is 0 Å². The van der Waals surface area contributed by atoms with E-state index in [1.54, 1.807) is 16.0 Å². The van der Waals surface area contributed by atoms with Gasteiger partial charge in [0.15, 0.2) is 5.82 Å². The van der Waals surface area contributed by atoms with Crippen LogP contribution in [0.2, 0.25) is 0 Å².